The summed E-state index contributed by atoms with van der Waals surface area (Å²) in [5.41, 5.74) is 2.33. The van der Waals surface area contributed by atoms with Crippen LogP contribution in [0.2, 0.25) is 0 Å². The zero-order chi connectivity index (χ0) is 14.3. The molecule has 0 saturated carbocycles. The third-order valence-electron chi connectivity index (χ3n) is 2.45. The quantitative estimate of drug-likeness (QED) is 0.825. The van der Waals surface area contributed by atoms with E-state index in [0.717, 1.165) is 16.9 Å². The van der Waals surface area contributed by atoms with Crippen molar-refractivity contribution in [3.63, 3.8) is 0 Å². The molecule has 0 fully saturated rings. The van der Waals surface area contributed by atoms with Gasteiger partial charge in [-0.2, -0.15) is 11.8 Å². The van der Waals surface area contributed by atoms with Crippen LogP contribution in [0.1, 0.15) is 28.4 Å². The van der Waals surface area contributed by atoms with Gasteiger partial charge in [0.15, 0.2) is 0 Å². The predicted molar refractivity (Wildman–Crippen MR) is 80.5 cm³/mol. The molecule has 1 unspecified atom stereocenters. The third kappa shape index (κ3) is 5.37. The molecule has 19 heavy (non-hydrogen) atoms. The van der Waals surface area contributed by atoms with E-state index in [2.05, 4.69) is 17.2 Å². The molecule has 0 heterocycles. The van der Waals surface area contributed by atoms with Gasteiger partial charge in [-0.3, -0.25) is 4.79 Å². The zero-order valence-electron chi connectivity index (χ0n) is 11.5. The van der Waals surface area contributed by atoms with E-state index < -0.39 is 0 Å². The average Bonchev–Trinajstić information content (AvgIpc) is 2.36. The SMILES string of the molecule is CSCC(C)NC(=O)c1cc(C)cc(C#CCO)c1. The van der Waals surface area contributed by atoms with Crippen LogP contribution in [0.25, 0.3) is 0 Å². The standard InChI is InChI=1S/C15H19NO2S/c1-11-7-13(5-4-6-17)9-14(8-11)15(18)16-12(2)10-19-3/h7-9,12,17H,6,10H2,1-3H3,(H,16,18). The summed E-state index contributed by atoms with van der Waals surface area (Å²) in [7, 11) is 0. The molecule has 1 aromatic carbocycles. The largest absolute Gasteiger partial charge is 0.384 e. The van der Waals surface area contributed by atoms with Gasteiger partial charge in [0.1, 0.15) is 6.61 Å². The first-order valence-electron chi connectivity index (χ1n) is 6.08. The number of thioether (sulfide) groups is 1. The van der Waals surface area contributed by atoms with Crippen molar-refractivity contribution in [3.05, 3.63) is 34.9 Å². The van der Waals surface area contributed by atoms with Crippen LogP contribution in [0, 0.1) is 18.8 Å². The minimum atomic E-state index is -0.180. The lowest BCUT2D eigenvalue weighted by molar-refractivity contribution is 0.0943. The van der Waals surface area contributed by atoms with Crippen LogP contribution in [0.5, 0.6) is 0 Å². The van der Waals surface area contributed by atoms with Gasteiger partial charge in [-0.15, -0.1) is 0 Å². The second-order valence-corrected chi connectivity index (χ2v) is 5.29. The lowest BCUT2D eigenvalue weighted by Crippen LogP contribution is -2.34. The molecule has 4 heteroatoms. The van der Waals surface area contributed by atoms with Crippen molar-refractivity contribution in [1.29, 1.82) is 0 Å². The molecule has 0 bridgehead atoms. The molecular formula is C15H19NO2S. The van der Waals surface area contributed by atoms with Crippen LogP contribution in [-0.2, 0) is 0 Å². The molecule has 0 aliphatic heterocycles. The highest BCUT2D eigenvalue weighted by atomic mass is 32.2. The van der Waals surface area contributed by atoms with Crippen molar-refractivity contribution in [2.45, 2.75) is 19.9 Å². The molecule has 1 amide bonds. The summed E-state index contributed by atoms with van der Waals surface area (Å²) in [6.45, 7) is 3.73. The molecule has 1 atom stereocenters. The number of aliphatic hydroxyl groups is 1. The van der Waals surface area contributed by atoms with Crippen LogP contribution < -0.4 is 5.32 Å². The Morgan fingerprint density at radius 2 is 2.21 bits per heavy atom. The topological polar surface area (TPSA) is 49.3 Å². The van der Waals surface area contributed by atoms with Gasteiger partial charge in [0.05, 0.1) is 0 Å². The number of rotatable bonds is 4. The number of amides is 1. The summed E-state index contributed by atoms with van der Waals surface area (Å²) in [6.07, 6.45) is 2.01. The smallest absolute Gasteiger partial charge is 0.251 e. The molecule has 1 rings (SSSR count). The van der Waals surface area contributed by atoms with E-state index in [1.807, 2.05) is 32.2 Å². The highest BCUT2D eigenvalue weighted by Crippen LogP contribution is 2.09. The monoisotopic (exact) mass is 277 g/mol. The number of aliphatic hydroxyl groups excluding tert-OH is 1. The van der Waals surface area contributed by atoms with Crippen molar-refractivity contribution in [3.8, 4) is 11.8 Å². The number of hydrogen-bond donors (Lipinski definition) is 2. The summed E-state index contributed by atoms with van der Waals surface area (Å²) in [4.78, 5) is 12.1. The normalized spacial score (nSPS) is 11.4. The van der Waals surface area contributed by atoms with E-state index in [-0.39, 0.29) is 18.6 Å². The average molecular weight is 277 g/mol. The molecule has 0 aliphatic carbocycles. The third-order valence-corrected chi connectivity index (χ3v) is 3.28. The van der Waals surface area contributed by atoms with Crippen LogP contribution in [0.4, 0.5) is 0 Å². The summed E-state index contributed by atoms with van der Waals surface area (Å²) < 4.78 is 0. The maximum atomic E-state index is 12.1. The van der Waals surface area contributed by atoms with Crippen molar-refractivity contribution >= 4 is 17.7 Å². The molecular weight excluding hydrogens is 258 g/mol. The summed E-state index contributed by atoms with van der Waals surface area (Å²) in [5.74, 6) is 6.21. The van der Waals surface area contributed by atoms with Crippen LogP contribution in [0.3, 0.4) is 0 Å². The highest BCUT2D eigenvalue weighted by Gasteiger charge is 2.10. The number of aryl methyl sites for hydroxylation is 1. The fraction of sp³-hybridized carbons (Fsp3) is 0.400. The second kappa shape index (κ2) is 7.88. The molecule has 0 radical (unpaired) electrons. The Morgan fingerprint density at radius 1 is 1.47 bits per heavy atom. The molecule has 0 saturated heterocycles. The first-order chi connectivity index (χ1) is 9.06. The van der Waals surface area contributed by atoms with Gasteiger partial charge >= 0.3 is 0 Å². The van der Waals surface area contributed by atoms with Gasteiger partial charge < -0.3 is 10.4 Å². The van der Waals surface area contributed by atoms with Crippen molar-refractivity contribution in [2.24, 2.45) is 0 Å². The van der Waals surface area contributed by atoms with Gasteiger partial charge in [-0.25, -0.2) is 0 Å². The Kier molecular flexibility index (Phi) is 6.48. The van der Waals surface area contributed by atoms with Crippen LogP contribution >= 0.6 is 11.8 Å². The van der Waals surface area contributed by atoms with Crippen LogP contribution in [-0.4, -0.2) is 35.7 Å². The number of nitrogens with one attached hydrogen (secondary N) is 1. The molecule has 0 aliphatic rings. The lowest BCUT2D eigenvalue weighted by Gasteiger charge is -2.13. The van der Waals surface area contributed by atoms with Crippen molar-refractivity contribution in [1.82, 2.24) is 5.32 Å². The second-order valence-electron chi connectivity index (χ2n) is 4.38. The molecule has 0 spiro atoms. The lowest BCUT2D eigenvalue weighted by atomic mass is 10.1. The molecule has 3 nitrogen and oxygen atoms in total. The summed E-state index contributed by atoms with van der Waals surface area (Å²) in [6, 6.07) is 5.61. The van der Waals surface area contributed by atoms with Gasteiger partial charge in [-0.1, -0.05) is 11.8 Å². The van der Waals surface area contributed by atoms with Gasteiger partial charge in [0.2, 0.25) is 0 Å². The minimum Gasteiger partial charge on any atom is -0.384 e. The summed E-state index contributed by atoms with van der Waals surface area (Å²) >= 11 is 1.70. The molecule has 102 valence electrons. The van der Waals surface area contributed by atoms with Gasteiger partial charge in [0.25, 0.3) is 5.91 Å². The Hall–Kier alpha value is -1.44. The number of carbonyl (C=O) groups is 1. The fourth-order valence-corrected chi connectivity index (χ4v) is 2.31. The number of hydrogen-bond acceptors (Lipinski definition) is 3. The van der Waals surface area contributed by atoms with E-state index in [0.29, 0.717) is 5.56 Å². The van der Waals surface area contributed by atoms with Gasteiger partial charge in [0, 0.05) is 22.9 Å². The Morgan fingerprint density at radius 3 is 2.84 bits per heavy atom. The molecule has 0 aromatic heterocycles. The van der Waals surface area contributed by atoms with Crippen molar-refractivity contribution < 1.29 is 9.90 Å². The van der Waals surface area contributed by atoms with E-state index in [9.17, 15) is 4.79 Å². The Balaban J connectivity index is 2.87. The first kappa shape index (κ1) is 15.6. The Bertz CT molecular complexity index is 503. The number of benzene rings is 1. The predicted octanol–water partition coefficient (Wildman–Crippen LogP) is 1.82. The minimum absolute atomic E-state index is 0.0858. The first-order valence-corrected chi connectivity index (χ1v) is 7.47. The summed E-state index contributed by atoms with van der Waals surface area (Å²) in [5, 5.41) is 11.6. The van der Waals surface area contributed by atoms with Gasteiger partial charge in [-0.05, 0) is 43.9 Å². The van der Waals surface area contributed by atoms with Crippen molar-refractivity contribution in [2.75, 3.05) is 18.6 Å². The van der Waals surface area contributed by atoms with E-state index in [4.69, 9.17) is 5.11 Å². The zero-order valence-corrected chi connectivity index (χ0v) is 12.3. The van der Waals surface area contributed by atoms with E-state index in [1.54, 1.807) is 17.8 Å². The van der Waals surface area contributed by atoms with E-state index >= 15 is 0 Å². The highest BCUT2D eigenvalue weighted by molar-refractivity contribution is 7.98. The van der Waals surface area contributed by atoms with E-state index in [1.165, 1.54) is 0 Å². The maximum absolute atomic E-state index is 12.1. The fourth-order valence-electron chi connectivity index (χ4n) is 1.73. The maximum Gasteiger partial charge on any atom is 0.251 e. The number of carbonyl (C=O) groups excluding carboxylic acids is 1. The molecule has 1 aromatic rings. The molecule has 2 N–H and O–H groups in total. The Labute approximate surface area is 118 Å². The van der Waals surface area contributed by atoms with Crippen LogP contribution in [0.15, 0.2) is 18.2 Å².